The van der Waals surface area contributed by atoms with E-state index in [0.29, 0.717) is 23.9 Å². The summed E-state index contributed by atoms with van der Waals surface area (Å²) in [6.07, 6.45) is 1.95. The van der Waals surface area contributed by atoms with Gasteiger partial charge in [0.15, 0.2) is 0 Å². The molecule has 3 N–H and O–H groups in total. The number of nitrogens with one attached hydrogen (secondary N) is 1. The van der Waals surface area contributed by atoms with E-state index in [-0.39, 0.29) is 17.0 Å². The van der Waals surface area contributed by atoms with Crippen molar-refractivity contribution in [2.75, 3.05) is 11.9 Å². The minimum absolute atomic E-state index is 0.0982. The molecule has 3 nitrogen and oxygen atoms in total. The predicted octanol–water partition coefficient (Wildman–Crippen LogP) is 4.21. The Hall–Kier alpha value is -1.13. The molecule has 21 heavy (non-hydrogen) atoms. The molecular weight excluding hydrogens is 291 g/mol. The van der Waals surface area contributed by atoms with Gasteiger partial charge in [-0.3, -0.25) is 4.79 Å². The van der Waals surface area contributed by atoms with Gasteiger partial charge in [-0.15, -0.1) is 0 Å². The standard InChI is InChI=1S/C16H24ClFN2O/c1-16(2,3)11(8-9-19)4-7-15(21)20-14-10-12(17)5-6-13(14)18/h5-6,10-11H,4,7-9,19H2,1-3H3,(H,20,21). The van der Waals surface area contributed by atoms with Gasteiger partial charge in [0.2, 0.25) is 5.91 Å². The number of carbonyl (C=O) groups is 1. The van der Waals surface area contributed by atoms with Crippen molar-refractivity contribution in [1.29, 1.82) is 0 Å². The fraction of sp³-hybridized carbons (Fsp3) is 0.562. The lowest BCUT2D eigenvalue weighted by Gasteiger charge is -2.30. The zero-order valence-electron chi connectivity index (χ0n) is 12.9. The maximum atomic E-state index is 13.5. The highest BCUT2D eigenvalue weighted by Gasteiger charge is 2.24. The number of amides is 1. The van der Waals surface area contributed by atoms with E-state index in [0.717, 1.165) is 12.8 Å². The molecule has 118 valence electrons. The summed E-state index contributed by atoms with van der Waals surface area (Å²) in [4.78, 5) is 12.0. The lowest BCUT2D eigenvalue weighted by molar-refractivity contribution is -0.116. The summed E-state index contributed by atoms with van der Waals surface area (Å²) >= 11 is 5.80. The zero-order valence-corrected chi connectivity index (χ0v) is 13.6. The van der Waals surface area contributed by atoms with Crippen LogP contribution < -0.4 is 11.1 Å². The summed E-state index contributed by atoms with van der Waals surface area (Å²) in [5, 5.41) is 2.96. The highest BCUT2D eigenvalue weighted by atomic mass is 35.5. The van der Waals surface area contributed by atoms with Gasteiger partial charge >= 0.3 is 0 Å². The van der Waals surface area contributed by atoms with Crippen molar-refractivity contribution in [2.45, 2.75) is 40.0 Å². The molecule has 1 amide bonds. The first-order valence-corrected chi connectivity index (χ1v) is 7.57. The van der Waals surface area contributed by atoms with Crippen molar-refractivity contribution in [2.24, 2.45) is 17.1 Å². The second-order valence-corrected chi connectivity index (χ2v) is 6.79. The fourth-order valence-corrected chi connectivity index (χ4v) is 2.49. The molecule has 0 saturated heterocycles. The lowest BCUT2D eigenvalue weighted by atomic mass is 9.76. The number of hydrogen-bond acceptors (Lipinski definition) is 2. The molecule has 1 rings (SSSR count). The Morgan fingerprint density at radius 3 is 2.62 bits per heavy atom. The summed E-state index contributed by atoms with van der Waals surface area (Å²) in [5.41, 5.74) is 5.85. The minimum atomic E-state index is -0.484. The average molecular weight is 315 g/mol. The Kier molecular flexibility index (Phi) is 6.62. The summed E-state index contributed by atoms with van der Waals surface area (Å²) in [6.45, 7) is 7.03. The van der Waals surface area contributed by atoms with Crippen LogP contribution in [0.25, 0.3) is 0 Å². The third-order valence-electron chi connectivity index (χ3n) is 3.66. The van der Waals surface area contributed by atoms with E-state index in [1.807, 2.05) is 0 Å². The third kappa shape index (κ3) is 6.02. The Bertz CT molecular complexity index is 486. The Morgan fingerprint density at radius 2 is 2.05 bits per heavy atom. The summed E-state index contributed by atoms with van der Waals surface area (Å²) < 4.78 is 13.5. The number of anilines is 1. The first kappa shape index (κ1) is 17.9. The number of rotatable bonds is 6. The van der Waals surface area contributed by atoms with Crippen LogP contribution in [-0.2, 0) is 4.79 Å². The van der Waals surface area contributed by atoms with Gasteiger partial charge in [-0.1, -0.05) is 32.4 Å². The average Bonchev–Trinajstić information content (AvgIpc) is 2.37. The molecule has 0 spiro atoms. The van der Waals surface area contributed by atoms with Crippen LogP contribution in [-0.4, -0.2) is 12.5 Å². The zero-order chi connectivity index (χ0) is 16.0. The van der Waals surface area contributed by atoms with Crippen LogP contribution in [0.2, 0.25) is 5.02 Å². The Balaban J connectivity index is 2.59. The van der Waals surface area contributed by atoms with Crippen molar-refractivity contribution in [3.63, 3.8) is 0 Å². The van der Waals surface area contributed by atoms with Gasteiger partial charge in [0.25, 0.3) is 0 Å². The molecule has 1 aromatic carbocycles. The molecule has 0 radical (unpaired) electrons. The number of hydrogen-bond donors (Lipinski definition) is 2. The monoisotopic (exact) mass is 314 g/mol. The second-order valence-electron chi connectivity index (χ2n) is 6.35. The molecule has 1 atom stereocenters. The first-order valence-electron chi connectivity index (χ1n) is 7.19. The van der Waals surface area contributed by atoms with Crippen LogP contribution in [0.5, 0.6) is 0 Å². The van der Waals surface area contributed by atoms with Gasteiger partial charge in [0, 0.05) is 11.4 Å². The molecule has 0 fully saturated rings. The van der Waals surface area contributed by atoms with Gasteiger partial charge in [-0.05, 0) is 48.9 Å². The molecule has 0 saturated carbocycles. The molecule has 5 heteroatoms. The van der Waals surface area contributed by atoms with Gasteiger partial charge in [0.05, 0.1) is 5.69 Å². The predicted molar refractivity (Wildman–Crippen MR) is 85.9 cm³/mol. The van der Waals surface area contributed by atoms with E-state index >= 15 is 0 Å². The molecule has 0 aliphatic carbocycles. The SMILES string of the molecule is CC(C)(C)C(CCN)CCC(=O)Nc1cc(Cl)ccc1F. The number of nitrogens with two attached hydrogens (primary N) is 1. The maximum absolute atomic E-state index is 13.5. The lowest BCUT2D eigenvalue weighted by Crippen LogP contribution is -2.25. The molecule has 0 aromatic heterocycles. The van der Waals surface area contributed by atoms with Crippen molar-refractivity contribution >= 4 is 23.2 Å². The van der Waals surface area contributed by atoms with Crippen LogP contribution in [0.15, 0.2) is 18.2 Å². The smallest absolute Gasteiger partial charge is 0.224 e. The number of carbonyl (C=O) groups excluding carboxylic acids is 1. The fourth-order valence-electron chi connectivity index (χ4n) is 2.32. The van der Waals surface area contributed by atoms with Crippen LogP contribution in [0.1, 0.15) is 40.0 Å². The number of benzene rings is 1. The van der Waals surface area contributed by atoms with E-state index in [4.69, 9.17) is 17.3 Å². The van der Waals surface area contributed by atoms with Crippen molar-refractivity contribution in [3.8, 4) is 0 Å². The molecule has 1 unspecified atom stereocenters. The quantitative estimate of drug-likeness (QED) is 0.826. The molecular formula is C16H24ClFN2O. The van der Waals surface area contributed by atoms with Crippen LogP contribution in [0.4, 0.5) is 10.1 Å². The van der Waals surface area contributed by atoms with E-state index in [1.165, 1.54) is 18.2 Å². The maximum Gasteiger partial charge on any atom is 0.224 e. The molecule has 0 aliphatic rings. The Labute approximate surface area is 131 Å². The van der Waals surface area contributed by atoms with Crippen molar-refractivity contribution in [3.05, 3.63) is 29.0 Å². The summed E-state index contributed by atoms with van der Waals surface area (Å²) in [7, 11) is 0. The van der Waals surface area contributed by atoms with Crippen LogP contribution in [0.3, 0.4) is 0 Å². The highest BCUT2D eigenvalue weighted by molar-refractivity contribution is 6.30. The second kappa shape index (κ2) is 7.76. The third-order valence-corrected chi connectivity index (χ3v) is 3.90. The van der Waals surface area contributed by atoms with Crippen LogP contribution in [0, 0.1) is 17.2 Å². The first-order chi connectivity index (χ1) is 9.74. The number of halogens is 2. The van der Waals surface area contributed by atoms with E-state index in [2.05, 4.69) is 26.1 Å². The summed E-state index contributed by atoms with van der Waals surface area (Å²) in [6, 6.07) is 4.10. The largest absolute Gasteiger partial charge is 0.330 e. The molecule has 0 bridgehead atoms. The Morgan fingerprint density at radius 1 is 1.38 bits per heavy atom. The van der Waals surface area contributed by atoms with Gasteiger partial charge in [0.1, 0.15) is 5.82 Å². The van der Waals surface area contributed by atoms with Gasteiger partial charge < -0.3 is 11.1 Å². The molecule has 0 aliphatic heterocycles. The normalized spacial score (nSPS) is 13.0. The molecule has 1 aromatic rings. The summed E-state index contributed by atoms with van der Waals surface area (Å²) in [5.74, 6) is -0.332. The van der Waals surface area contributed by atoms with E-state index in [9.17, 15) is 9.18 Å². The minimum Gasteiger partial charge on any atom is -0.330 e. The topological polar surface area (TPSA) is 55.1 Å². The van der Waals surface area contributed by atoms with E-state index in [1.54, 1.807) is 0 Å². The van der Waals surface area contributed by atoms with Crippen molar-refractivity contribution < 1.29 is 9.18 Å². The van der Waals surface area contributed by atoms with Crippen LogP contribution >= 0.6 is 11.6 Å². The van der Waals surface area contributed by atoms with Gasteiger partial charge in [-0.2, -0.15) is 0 Å². The van der Waals surface area contributed by atoms with E-state index < -0.39 is 5.82 Å². The van der Waals surface area contributed by atoms with Crippen molar-refractivity contribution in [1.82, 2.24) is 0 Å². The molecule has 0 heterocycles. The van der Waals surface area contributed by atoms with Gasteiger partial charge in [-0.25, -0.2) is 4.39 Å². The highest BCUT2D eigenvalue weighted by Crippen LogP contribution is 2.32.